The van der Waals surface area contributed by atoms with E-state index in [2.05, 4.69) is 10.3 Å². The summed E-state index contributed by atoms with van der Waals surface area (Å²) in [7, 11) is 0. The number of aromatic nitrogens is 2. The van der Waals surface area contributed by atoms with Crippen molar-refractivity contribution < 1.29 is 4.79 Å². The van der Waals surface area contributed by atoms with Crippen LogP contribution in [0.4, 0.5) is 5.82 Å². The minimum Gasteiger partial charge on any atom is -0.305 e. The Morgan fingerprint density at radius 2 is 1.70 bits per heavy atom. The zero-order valence-corrected chi connectivity index (χ0v) is 16.8. The van der Waals surface area contributed by atoms with Gasteiger partial charge in [-0.05, 0) is 11.6 Å². The quantitative estimate of drug-likeness (QED) is 0.416. The maximum Gasteiger partial charge on any atom is 0.277 e. The zero-order valence-electron chi connectivity index (χ0n) is 13.7. The number of nitrogens with one attached hydrogen (secondary N) is 1. The summed E-state index contributed by atoms with van der Waals surface area (Å²) < 4.78 is -1.14. The average molecular weight is 437 g/mol. The molecule has 1 amide bonds. The van der Waals surface area contributed by atoms with Gasteiger partial charge in [0.25, 0.3) is 9.70 Å². The fourth-order valence-corrected chi connectivity index (χ4v) is 4.03. The van der Waals surface area contributed by atoms with Crippen LogP contribution in [0.3, 0.4) is 0 Å². The van der Waals surface area contributed by atoms with Crippen LogP contribution in [-0.2, 0) is 11.2 Å². The van der Waals surface area contributed by atoms with Crippen molar-refractivity contribution in [1.29, 1.82) is 0 Å². The van der Waals surface area contributed by atoms with Crippen molar-refractivity contribution in [2.24, 2.45) is 0 Å². The first kappa shape index (κ1) is 18.4. The van der Waals surface area contributed by atoms with E-state index in [0.717, 1.165) is 26.2 Å². The van der Waals surface area contributed by atoms with E-state index in [1.54, 1.807) is 11.3 Å². The maximum atomic E-state index is 12.1. The molecule has 0 saturated carbocycles. The van der Waals surface area contributed by atoms with Crippen molar-refractivity contribution in [3.8, 4) is 0 Å². The number of thiazole rings is 1. The summed E-state index contributed by atoms with van der Waals surface area (Å²) in [4.78, 5) is 21.4. The van der Waals surface area contributed by atoms with Gasteiger partial charge in [0.1, 0.15) is 5.52 Å². The molecular weight excluding hydrogens is 425 g/mol. The molecule has 0 fully saturated rings. The summed E-state index contributed by atoms with van der Waals surface area (Å²) in [5.74, 6) is -0.482. The molecule has 4 aromatic rings. The first-order valence-corrected chi connectivity index (χ1v) is 9.97. The van der Waals surface area contributed by atoms with E-state index in [1.807, 2.05) is 54.6 Å². The Balaban J connectivity index is 1.84. The number of halogens is 3. The first-order valence-electron chi connectivity index (χ1n) is 8.02. The largest absolute Gasteiger partial charge is 0.305 e. The second-order valence-electron chi connectivity index (χ2n) is 5.88. The van der Waals surface area contributed by atoms with Crippen molar-refractivity contribution in [3.05, 3.63) is 65.2 Å². The molecule has 0 radical (unpaired) electrons. The lowest BCUT2D eigenvalue weighted by atomic mass is 10.2. The summed E-state index contributed by atoms with van der Waals surface area (Å²) in [6.45, 7) is 0. The summed E-state index contributed by atoms with van der Waals surface area (Å²) in [5.41, 5.74) is 2.48. The number of carbonyl (C=O) groups excluding carboxylic acids is 1. The molecule has 136 valence electrons. The number of benzene rings is 2. The summed E-state index contributed by atoms with van der Waals surface area (Å²) in [6, 6.07) is 17.7. The van der Waals surface area contributed by atoms with Gasteiger partial charge in [0.15, 0.2) is 5.82 Å². The van der Waals surface area contributed by atoms with Crippen LogP contribution in [0.2, 0.25) is 0 Å². The lowest BCUT2D eigenvalue weighted by Crippen LogP contribution is -2.27. The monoisotopic (exact) mass is 435 g/mol. The lowest BCUT2D eigenvalue weighted by molar-refractivity contribution is -0.115. The summed E-state index contributed by atoms with van der Waals surface area (Å²) in [5, 5.41) is 4.48. The lowest BCUT2D eigenvalue weighted by Gasteiger charge is -2.11. The van der Waals surface area contributed by atoms with Gasteiger partial charge >= 0.3 is 0 Å². The van der Waals surface area contributed by atoms with Crippen LogP contribution < -0.4 is 5.32 Å². The van der Waals surface area contributed by atoms with Gasteiger partial charge in [0.05, 0.1) is 15.2 Å². The molecule has 4 rings (SSSR count). The number of hydrogen-bond donors (Lipinski definition) is 1. The third-order valence-corrected chi connectivity index (χ3v) is 5.57. The second-order valence-corrected chi connectivity index (χ2v) is 9.24. The Kier molecular flexibility index (Phi) is 4.95. The van der Waals surface area contributed by atoms with Gasteiger partial charge in [0, 0.05) is 11.8 Å². The normalized spacial score (nSPS) is 11.8. The Labute approximate surface area is 174 Å². The van der Waals surface area contributed by atoms with Gasteiger partial charge in [-0.15, -0.1) is 11.3 Å². The zero-order chi connectivity index (χ0) is 19.0. The van der Waals surface area contributed by atoms with Gasteiger partial charge in [-0.1, -0.05) is 83.3 Å². The molecule has 0 bridgehead atoms. The molecule has 2 aromatic carbocycles. The fraction of sp³-hybridized carbons (Fsp3) is 0.105. The number of pyridine rings is 1. The standard InChI is InChI=1S/C19H12Cl3N3OS/c20-19(21,22)18(26)25-17-15-16(12-8-4-5-9-13(12)23-17)27-14(24-15)10-11-6-2-1-3-7-11/h1-9H,10H2,(H,23,25,26). The smallest absolute Gasteiger partial charge is 0.277 e. The molecular formula is C19H12Cl3N3OS. The highest BCUT2D eigenvalue weighted by atomic mass is 35.6. The number of amides is 1. The van der Waals surface area contributed by atoms with Gasteiger partial charge < -0.3 is 5.32 Å². The van der Waals surface area contributed by atoms with Crippen LogP contribution in [-0.4, -0.2) is 19.7 Å². The molecule has 0 aliphatic rings. The molecule has 1 N–H and O–H groups in total. The minimum absolute atomic E-state index is 0.288. The van der Waals surface area contributed by atoms with Crippen molar-refractivity contribution in [2.45, 2.75) is 10.2 Å². The maximum absolute atomic E-state index is 12.1. The molecule has 4 nitrogen and oxygen atoms in total. The van der Waals surface area contributed by atoms with E-state index in [-0.39, 0.29) is 5.82 Å². The van der Waals surface area contributed by atoms with Crippen LogP contribution >= 0.6 is 46.1 Å². The van der Waals surface area contributed by atoms with Gasteiger partial charge in [-0.25, -0.2) is 9.97 Å². The van der Waals surface area contributed by atoms with Gasteiger partial charge in [-0.3, -0.25) is 4.79 Å². The van der Waals surface area contributed by atoms with Gasteiger partial charge in [0.2, 0.25) is 0 Å². The van der Waals surface area contributed by atoms with Crippen LogP contribution in [0.15, 0.2) is 54.6 Å². The number of para-hydroxylation sites is 1. The molecule has 0 spiro atoms. The molecule has 0 saturated heterocycles. The van der Waals surface area contributed by atoms with E-state index >= 15 is 0 Å². The van der Waals surface area contributed by atoms with Crippen LogP contribution in [0.5, 0.6) is 0 Å². The molecule has 0 atom stereocenters. The number of alkyl halides is 3. The topological polar surface area (TPSA) is 54.9 Å². The predicted octanol–water partition coefficient (Wildman–Crippen LogP) is 5.74. The van der Waals surface area contributed by atoms with E-state index in [0.29, 0.717) is 11.9 Å². The highest BCUT2D eigenvalue weighted by molar-refractivity contribution is 7.19. The second kappa shape index (κ2) is 7.24. The number of carbonyl (C=O) groups is 1. The molecule has 8 heteroatoms. The van der Waals surface area contributed by atoms with E-state index in [9.17, 15) is 4.79 Å². The number of fused-ring (bicyclic) bond motifs is 3. The SMILES string of the molecule is O=C(Nc1nc2ccccc2c2sc(Cc3ccccc3)nc12)C(Cl)(Cl)Cl. The Morgan fingerprint density at radius 1 is 1.00 bits per heavy atom. The van der Waals surface area contributed by atoms with Crippen molar-refractivity contribution in [3.63, 3.8) is 0 Å². The third kappa shape index (κ3) is 3.87. The van der Waals surface area contributed by atoms with E-state index < -0.39 is 9.70 Å². The summed E-state index contributed by atoms with van der Waals surface area (Å²) in [6.07, 6.45) is 0.687. The van der Waals surface area contributed by atoms with Crippen LogP contribution in [0.25, 0.3) is 21.1 Å². The first-order chi connectivity index (χ1) is 12.9. The van der Waals surface area contributed by atoms with Crippen molar-refractivity contribution in [1.82, 2.24) is 9.97 Å². The highest BCUT2D eigenvalue weighted by Crippen LogP contribution is 2.35. The third-order valence-electron chi connectivity index (χ3n) is 3.96. The van der Waals surface area contributed by atoms with Crippen molar-refractivity contribution in [2.75, 3.05) is 5.32 Å². The highest BCUT2D eigenvalue weighted by Gasteiger charge is 2.31. The number of rotatable bonds is 3. The van der Waals surface area contributed by atoms with E-state index in [1.165, 1.54) is 0 Å². The Hall–Kier alpha value is -1.92. The van der Waals surface area contributed by atoms with Crippen LogP contribution in [0, 0.1) is 0 Å². The molecule has 2 aromatic heterocycles. The molecule has 0 aliphatic carbocycles. The predicted molar refractivity (Wildman–Crippen MR) is 113 cm³/mol. The Morgan fingerprint density at radius 3 is 2.44 bits per heavy atom. The number of anilines is 1. The molecule has 0 unspecified atom stereocenters. The fourth-order valence-electron chi connectivity index (χ4n) is 2.76. The molecule has 27 heavy (non-hydrogen) atoms. The number of hydrogen-bond acceptors (Lipinski definition) is 4. The summed E-state index contributed by atoms with van der Waals surface area (Å²) >= 11 is 18.6. The van der Waals surface area contributed by atoms with E-state index in [4.69, 9.17) is 39.8 Å². The minimum atomic E-state index is -2.08. The van der Waals surface area contributed by atoms with Gasteiger partial charge in [-0.2, -0.15) is 0 Å². The Bertz CT molecular complexity index is 1140. The molecule has 2 heterocycles. The van der Waals surface area contributed by atoms with Crippen LogP contribution in [0.1, 0.15) is 10.6 Å². The number of nitrogens with zero attached hydrogens (tertiary/aromatic N) is 2. The molecule has 0 aliphatic heterocycles. The van der Waals surface area contributed by atoms with Crippen molar-refractivity contribution >= 4 is 79.0 Å². The average Bonchev–Trinajstić information content (AvgIpc) is 3.06.